The predicted molar refractivity (Wildman–Crippen MR) is 149 cm³/mol. The molecule has 0 spiro atoms. The first-order valence-corrected chi connectivity index (χ1v) is 12.3. The summed E-state index contributed by atoms with van der Waals surface area (Å²) in [5.74, 6) is 0. The molecule has 0 aliphatic carbocycles. The average molecular weight is 468 g/mol. The van der Waals surface area contributed by atoms with Crippen LogP contribution >= 0.6 is 0 Å². The van der Waals surface area contributed by atoms with Crippen LogP contribution in [0.25, 0.3) is 22.3 Å². The minimum atomic E-state index is -0.791. The van der Waals surface area contributed by atoms with E-state index in [2.05, 4.69) is 79.4 Å². The van der Waals surface area contributed by atoms with Gasteiger partial charge in [0.25, 0.3) is 0 Å². The molecule has 4 aromatic carbocycles. The lowest BCUT2D eigenvalue weighted by Gasteiger charge is -2.41. The third-order valence-corrected chi connectivity index (χ3v) is 6.79. The highest BCUT2D eigenvalue weighted by Crippen LogP contribution is 2.31. The molecule has 1 heterocycles. The Labute approximate surface area is 213 Å². The Kier molecular flexibility index (Phi) is 6.77. The van der Waals surface area contributed by atoms with Crippen molar-refractivity contribution in [2.45, 2.75) is 18.4 Å². The number of hydrogen-bond donors (Lipinski definition) is 0. The van der Waals surface area contributed by atoms with Gasteiger partial charge in [0.15, 0.2) is 0 Å². The summed E-state index contributed by atoms with van der Waals surface area (Å²) in [6.07, 6.45) is 10.1. The van der Waals surface area contributed by atoms with Crippen molar-refractivity contribution in [1.82, 2.24) is 4.90 Å². The van der Waals surface area contributed by atoms with E-state index >= 15 is 0 Å². The van der Waals surface area contributed by atoms with E-state index in [0.717, 1.165) is 34.2 Å². The number of carbonyl (C=O) groups is 1. The fourth-order valence-electron chi connectivity index (χ4n) is 4.88. The Morgan fingerprint density at radius 1 is 0.611 bits per heavy atom. The zero-order valence-corrected chi connectivity index (χ0v) is 20.3. The van der Waals surface area contributed by atoms with E-state index in [4.69, 9.17) is 0 Å². The van der Waals surface area contributed by atoms with Crippen molar-refractivity contribution in [3.8, 4) is 22.3 Å². The highest BCUT2D eigenvalue weighted by Gasteiger charge is 2.37. The molecular weight excluding hydrogens is 438 g/mol. The van der Waals surface area contributed by atoms with Crippen molar-refractivity contribution in [3.05, 3.63) is 157 Å². The lowest BCUT2D eigenvalue weighted by molar-refractivity contribution is -0.116. The van der Waals surface area contributed by atoms with Crippen molar-refractivity contribution >= 4 is 6.29 Å². The summed E-state index contributed by atoms with van der Waals surface area (Å²) in [6.45, 7) is 4.23. The lowest BCUT2D eigenvalue weighted by Crippen LogP contribution is -2.50. The van der Waals surface area contributed by atoms with E-state index in [0.29, 0.717) is 12.8 Å². The zero-order valence-electron chi connectivity index (χ0n) is 20.3. The van der Waals surface area contributed by atoms with Gasteiger partial charge in [-0.15, -0.1) is 0 Å². The predicted octanol–water partition coefficient (Wildman–Crippen LogP) is 7.64. The molecule has 0 saturated carbocycles. The second-order valence-electron chi connectivity index (χ2n) is 9.26. The van der Waals surface area contributed by atoms with Crippen LogP contribution in [-0.2, 0) is 17.6 Å². The van der Waals surface area contributed by atoms with E-state index in [1.165, 1.54) is 11.1 Å². The van der Waals surface area contributed by atoms with Crippen LogP contribution in [0.5, 0.6) is 0 Å². The average Bonchev–Trinajstić information content (AvgIpc) is 2.95. The molecule has 0 fully saturated rings. The van der Waals surface area contributed by atoms with Crippen molar-refractivity contribution in [2.24, 2.45) is 0 Å². The third-order valence-electron chi connectivity index (χ3n) is 6.79. The van der Waals surface area contributed by atoms with Gasteiger partial charge in [0.05, 0.1) is 0 Å². The van der Waals surface area contributed by atoms with Gasteiger partial charge in [0.1, 0.15) is 11.8 Å². The van der Waals surface area contributed by atoms with Crippen molar-refractivity contribution in [1.29, 1.82) is 0 Å². The maximum Gasteiger partial charge on any atom is 0.146 e. The zero-order chi connectivity index (χ0) is 24.8. The van der Waals surface area contributed by atoms with Gasteiger partial charge in [-0.1, -0.05) is 122 Å². The molecule has 0 radical (unpaired) electrons. The molecular formula is C34H29NO. The Bertz CT molecular complexity index is 1300. The van der Waals surface area contributed by atoms with Gasteiger partial charge in [-0.05, 0) is 45.5 Å². The Morgan fingerprint density at radius 2 is 1.06 bits per heavy atom. The molecule has 0 aromatic heterocycles. The molecule has 4 aromatic rings. The van der Waals surface area contributed by atoms with Crippen LogP contribution < -0.4 is 0 Å². The number of carbonyl (C=O) groups excluding carboxylic acids is 1. The largest absolute Gasteiger partial charge is 0.335 e. The number of hydrogen-bond acceptors (Lipinski definition) is 2. The number of nitrogens with zero attached hydrogens (tertiary/aromatic N) is 1. The van der Waals surface area contributed by atoms with Gasteiger partial charge in [-0.2, -0.15) is 0 Å². The molecule has 5 rings (SSSR count). The van der Waals surface area contributed by atoms with E-state index < -0.39 is 5.54 Å². The van der Waals surface area contributed by atoms with E-state index in [-0.39, 0.29) is 0 Å². The summed E-state index contributed by atoms with van der Waals surface area (Å²) in [5, 5.41) is 0. The summed E-state index contributed by atoms with van der Waals surface area (Å²) in [6, 6.07) is 37.7. The Balaban J connectivity index is 1.45. The standard InChI is InChI=1S/C34H29NO/c1-27-10-8-9-23-35(27)34(26-36,24-28-15-19-32(20-16-28)30-11-4-2-5-12-30)25-29-17-21-33(22-18-29)31-13-6-3-7-14-31/h2-23,26H,1,24-25H2. The molecule has 0 saturated heterocycles. The first-order valence-electron chi connectivity index (χ1n) is 12.3. The quantitative estimate of drug-likeness (QED) is 0.248. The maximum atomic E-state index is 12.9. The molecule has 2 heteroatoms. The van der Waals surface area contributed by atoms with E-state index in [1.54, 1.807) is 0 Å². The number of rotatable bonds is 8. The van der Waals surface area contributed by atoms with Crippen LogP contribution in [0.15, 0.2) is 146 Å². The molecule has 176 valence electrons. The van der Waals surface area contributed by atoms with Crippen LogP contribution in [0.1, 0.15) is 11.1 Å². The molecule has 0 bridgehead atoms. The molecule has 1 aliphatic rings. The summed E-state index contributed by atoms with van der Waals surface area (Å²) in [7, 11) is 0. The van der Waals surface area contributed by atoms with Crippen molar-refractivity contribution in [2.75, 3.05) is 0 Å². The third kappa shape index (κ3) is 4.99. The first kappa shape index (κ1) is 23.3. The fourth-order valence-corrected chi connectivity index (χ4v) is 4.88. The number of aldehydes is 1. The molecule has 0 N–H and O–H groups in total. The Morgan fingerprint density at radius 3 is 1.47 bits per heavy atom. The van der Waals surface area contributed by atoms with Crippen LogP contribution in [0.2, 0.25) is 0 Å². The van der Waals surface area contributed by atoms with Crippen LogP contribution in [0.3, 0.4) is 0 Å². The number of allylic oxidation sites excluding steroid dienone is 3. The molecule has 0 amide bonds. The van der Waals surface area contributed by atoms with Gasteiger partial charge >= 0.3 is 0 Å². The minimum Gasteiger partial charge on any atom is -0.335 e. The topological polar surface area (TPSA) is 20.3 Å². The van der Waals surface area contributed by atoms with Gasteiger partial charge in [-0.3, -0.25) is 0 Å². The minimum absolute atomic E-state index is 0.573. The smallest absolute Gasteiger partial charge is 0.146 e. The van der Waals surface area contributed by atoms with Gasteiger partial charge in [-0.25, -0.2) is 0 Å². The molecule has 0 atom stereocenters. The normalized spacial score (nSPS) is 13.1. The summed E-state index contributed by atoms with van der Waals surface area (Å²) < 4.78 is 0. The SMILES string of the molecule is C=C1C=CC=CN1C(C=O)(Cc1ccc(-c2ccccc2)cc1)Cc1ccc(-c2ccccc2)cc1. The first-order chi connectivity index (χ1) is 17.7. The van der Waals surface area contributed by atoms with Gasteiger partial charge in [0.2, 0.25) is 0 Å². The molecule has 36 heavy (non-hydrogen) atoms. The highest BCUT2D eigenvalue weighted by molar-refractivity contribution is 5.69. The van der Waals surface area contributed by atoms with Gasteiger partial charge in [0, 0.05) is 24.7 Å². The van der Waals surface area contributed by atoms with Gasteiger partial charge < -0.3 is 9.69 Å². The summed E-state index contributed by atoms with van der Waals surface area (Å²) in [5.41, 5.74) is 6.93. The number of benzene rings is 4. The second-order valence-corrected chi connectivity index (χ2v) is 9.26. The van der Waals surface area contributed by atoms with Crippen molar-refractivity contribution < 1.29 is 4.79 Å². The van der Waals surface area contributed by atoms with Crippen molar-refractivity contribution in [3.63, 3.8) is 0 Å². The lowest BCUT2D eigenvalue weighted by atomic mass is 9.83. The summed E-state index contributed by atoms with van der Waals surface area (Å²) in [4.78, 5) is 14.9. The van der Waals surface area contributed by atoms with E-state index in [1.807, 2.05) is 65.7 Å². The maximum absolute atomic E-state index is 12.9. The second kappa shape index (κ2) is 10.5. The molecule has 2 nitrogen and oxygen atoms in total. The molecule has 1 aliphatic heterocycles. The van der Waals surface area contributed by atoms with E-state index in [9.17, 15) is 4.79 Å². The monoisotopic (exact) mass is 467 g/mol. The summed E-state index contributed by atoms with van der Waals surface area (Å²) >= 11 is 0. The highest BCUT2D eigenvalue weighted by atomic mass is 16.1. The van der Waals surface area contributed by atoms with Crippen LogP contribution in [0, 0.1) is 0 Å². The molecule has 0 unspecified atom stereocenters. The van der Waals surface area contributed by atoms with Crippen LogP contribution in [-0.4, -0.2) is 16.7 Å². The fraction of sp³-hybridized carbons (Fsp3) is 0.0882. The Hall–Kier alpha value is -4.43. The van der Waals surface area contributed by atoms with Crippen LogP contribution in [0.4, 0.5) is 0 Å².